The Hall–Kier alpha value is -2.12. The highest BCUT2D eigenvalue weighted by molar-refractivity contribution is 5.82. The molecule has 0 saturated carbocycles. The third-order valence-electron chi connectivity index (χ3n) is 4.14. The number of nitrogens with one attached hydrogen (secondary N) is 2. The lowest BCUT2D eigenvalue weighted by atomic mass is 10.1. The molecule has 0 unspecified atom stereocenters. The molecule has 0 aliphatic carbocycles. The van der Waals surface area contributed by atoms with Crippen molar-refractivity contribution < 1.29 is 14.3 Å². The predicted molar refractivity (Wildman–Crippen MR) is 85.4 cm³/mol. The number of nitrogens with zero attached hydrogens (tertiary/aromatic N) is 1. The largest absolute Gasteiger partial charge is 0.385 e. The molecule has 0 bridgehead atoms. The SMILES string of the molecule is COCC[C@H]1COCCN1C(=O)Cc1ccc2[nH]c(=O)[nH]c2c1. The van der Waals surface area contributed by atoms with Crippen LogP contribution >= 0.6 is 0 Å². The van der Waals surface area contributed by atoms with Gasteiger partial charge in [-0.05, 0) is 24.1 Å². The van der Waals surface area contributed by atoms with E-state index >= 15 is 0 Å². The number of ether oxygens (including phenoxy) is 2. The van der Waals surface area contributed by atoms with Crippen molar-refractivity contribution in [3.05, 3.63) is 34.2 Å². The Kier molecular flexibility index (Phi) is 4.78. The number of aromatic amines is 2. The van der Waals surface area contributed by atoms with E-state index in [2.05, 4.69) is 9.97 Å². The first-order valence-electron chi connectivity index (χ1n) is 7.74. The van der Waals surface area contributed by atoms with Crippen LogP contribution in [0.4, 0.5) is 0 Å². The van der Waals surface area contributed by atoms with Crippen molar-refractivity contribution in [2.75, 3.05) is 33.5 Å². The number of rotatable bonds is 5. The molecule has 23 heavy (non-hydrogen) atoms. The maximum absolute atomic E-state index is 12.6. The zero-order valence-electron chi connectivity index (χ0n) is 13.1. The number of methoxy groups -OCH3 is 1. The maximum atomic E-state index is 12.6. The standard InChI is InChI=1S/C16H21N3O4/c1-22-6-4-12-10-23-7-5-19(12)15(20)9-11-2-3-13-14(8-11)18-16(21)17-13/h2-3,8,12H,4-7,9-10H2,1H3,(H2,17,18,21)/t12-/m0/s1. The molecule has 0 radical (unpaired) electrons. The van der Waals surface area contributed by atoms with Gasteiger partial charge in [0.05, 0.1) is 36.7 Å². The van der Waals surface area contributed by atoms with Crippen molar-refractivity contribution in [1.82, 2.24) is 14.9 Å². The fourth-order valence-electron chi connectivity index (χ4n) is 2.94. The van der Waals surface area contributed by atoms with Crippen molar-refractivity contribution in [3.63, 3.8) is 0 Å². The number of imidazole rings is 1. The van der Waals surface area contributed by atoms with Crippen LogP contribution in [0.3, 0.4) is 0 Å². The number of benzene rings is 1. The van der Waals surface area contributed by atoms with Gasteiger partial charge >= 0.3 is 5.69 Å². The number of hydrogen-bond acceptors (Lipinski definition) is 4. The summed E-state index contributed by atoms with van der Waals surface area (Å²) in [6, 6.07) is 5.59. The summed E-state index contributed by atoms with van der Waals surface area (Å²) in [4.78, 5) is 31.2. The minimum Gasteiger partial charge on any atom is -0.385 e. The Bertz CT molecular complexity index is 736. The van der Waals surface area contributed by atoms with Crippen LogP contribution in [-0.4, -0.2) is 60.3 Å². The van der Waals surface area contributed by atoms with Crippen molar-refractivity contribution >= 4 is 16.9 Å². The predicted octanol–water partition coefficient (Wildman–Crippen LogP) is 0.663. The first-order valence-corrected chi connectivity index (χ1v) is 7.74. The van der Waals surface area contributed by atoms with E-state index in [4.69, 9.17) is 9.47 Å². The van der Waals surface area contributed by atoms with Crippen LogP contribution in [0.5, 0.6) is 0 Å². The van der Waals surface area contributed by atoms with Gasteiger partial charge in [0.1, 0.15) is 0 Å². The normalized spacial score (nSPS) is 18.5. The average molecular weight is 319 g/mol. The summed E-state index contributed by atoms with van der Waals surface area (Å²) in [5.74, 6) is 0.0756. The quantitative estimate of drug-likeness (QED) is 0.847. The molecule has 1 aromatic heterocycles. The fraction of sp³-hybridized carbons (Fsp3) is 0.500. The van der Waals surface area contributed by atoms with Gasteiger partial charge in [-0.3, -0.25) is 4.79 Å². The Balaban J connectivity index is 1.71. The topological polar surface area (TPSA) is 87.4 Å². The van der Waals surface area contributed by atoms with Gasteiger partial charge < -0.3 is 24.3 Å². The van der Waals surface area contributed by atoms with E-state index < -0.39 is 0 Å². The minimum absolute atomic E-state index is 0.0620. The van der Waals surface area contributed by atoms with E-state index in [1.807, 2.05) is 23.1 Å². The second kappa shape index (κ2) is 6.97. The minimum atomic E-state index is -0.240. The number of morpholine rings is 1. The molecular formula is C16H21N3O4. The highest BCUT2D eigenvalue weighted by Gasteiger charge is 2.26. The summed E-state index contributed by atoms with van der Waals surface area (Å²) in [7, 11) is 1.66. The fourth-order valence-corrected chi connectivity index (χ4v) is 2.94. The average Bonchev–Trinajstić information content (AvgIpc) is 2.92. The number of H-pyrrole nitrogens is 2. The zero-order chi connectivity index (χ0) is 16.2. The van der Waals surface area contributed by atoms with Crippen molar-refractivity contribution in [2.45, 2.75) is 18.9 Å². The molecule has 1 atom stereocenters. The second-order valence-electron chi connectivity index (χ2n) is 5.73. The number of carbonyl (C=O) groups is 1. The summed E-state index contributed by atoms with van der Waals surface area (Å²) in [5, 5.41) is 0. The van der Waals surface area contributed by atoms with Crippen molar-refractivity contribution in [2.24, 2.45) is 0 Å². The van der Waals surface area contributed by atoms with Gasteiger partial charge in [0.25, 0.3) is 0 Å². The number of amides is 1. The third-order valence-corrected chi connectivity index (χ3v) is 4.14. The van der Waals surface area contributed by atoms with Crippen LogP contribution in [0, 0.1) is 0 Å². The summed E-state index contributed by atoms with van der Waals surface area (Å²) < 4.78 is 10.6. The first kappa shape index (κ1) is 15.8. The summed E-state index contributed by atoms with van der Waals surface area (Å²) in [5.41, 5.74) is 2.11. The van der Waals surface area contributed by atoms with E-state index in [-0.39, 0.29) is 17.6 Å². The summed E-state index contributed by atoms with van der Waals surface area (Å²) >= 11 is 0. The van der Waals surface area contributed by atoms with Gasteiger partial charge in [-0.2, -0.15) is 0 Å². The Morgan fingerprint density at radius 1 is 1.39 bits per heavy atom. The molecule has 0 spiro atoms. The number of fused-ring (bicyclic) bond motifs is 1. The van der Waals surface area contributed by atoms with Crippen LogP contribution in [-0.2, 0) is 20.7 Å². The monoisotopic (exact) mass is 319 g/mol. The molecule has 1 aliphatic rings. The number of carbonyl (C=O) groups excluding carboxylic acids is 1. The number of aromatic nitrogens is 2. The molecule has 2 heterocycles. The van der Waals surface area contributed by atoms with Gasteiger partial charge in [-0.1, -0.05) is 6.07 Å². The molecule has 2 aromatic rings. The van der Waals surface area contributed by atoms with E-state index in [1.165, 1.54) is 0 Å². The highest BCUT2D eigenvalue weighted by Crippen LogP contribution is 2.15. The molecule has 7 heteroatoms. The zero-order valence-corrected chi connectivity index (χ0v) is 13.1. The van der Waals surface area contributed by atoms with E-state index in [9.17, 15) is 9.59 Å². The maximum Gasteiger partial charge on any atom is 0.323 e. The van der Waals surface area contributed by atoms with Gasteiger partial charge in [0.2, 0.25) is 5.91 Å². The van der Waals surface area contributed by atoms with Crippen LogP contribution in [0.25, 0.3) is 11.0 Å². The number of hydrogen-bond donors (Lipinski definition) is 2. The Morgan fingerprint density at radius 3 is 3.04 bits per heavy atom. The molecule has 7 nitrogen and oxygen atoms in total. The van der Waals surface area contributed by atoms with Gasteiger partial charge in [0.15, 0.2) is 0 Å². The van der Waals surface area contributed by atoms with Crippen LogP contribution < -0.4 is 5.69 Å². The van der Waals surface area contributed by atoms with Crippen LogP contribution in [0.15, 0.2) is 23.0 Å². The lowest BCUT2D eigenvalue weighted by molar-refractivity contribution is -0.139. The molecule has 1 aliphatic heterocycles. The summed E-state index contributed by atoms with van der Waals surface area (Å²) in [6.07, 6.45) is 1.08. The van der Waals surface area contributed by atoms with Gasteiger partial charge in [-0.15, -0.1) is 0 Å². The smallest absolute Gasteiger partial charge is 0.323 e. The molecule has 1 amide bonds. The Morgan fingerprint density at radius 2 is 2.22 bits per heavy atom. The van der Waals surface area contributed by atoms with Gasteiger partial charge in [0, 0.05) is 20.3 Å². The van der Waals surface area contributed by atoms with Crippen molar-refractivity contribution in [3.8, 4) is 0 Å². The molecule has 124 valence electrons. The van der Waals surface area contributed by atoms with Crippen LogP contribution in [0.1, 0.15) is 12.0 Å². The third kappa shape index (κ3) is 3.62. The Labute approximate surface area is 133 Å². The van der Waals surface area contributed by atoms with E-state index in [1.54, 1.807) is 7.11 Å². The molecule has 1 aromatic carbocycles. The van der Waals surface area contributed by atoms with Gasteiger partial charge in [-0.25, -0.2) is 4.79 Å². The second-order valence-corrected chi connectivity index (χ2v) is 5.73. The lowest BCUT2D eigenvalue weighted by Gasteiger charge is -2.35. The van der Waals surface area contributed by atoms with Crippen LogP contribution in [0.2, 0.25) is 0 Å². The molecule has 2 N–H and O–H groups in total. The molecule has 3 rings (SSSR count). The van der Waals surface area contributed by atoms with E-state index in [0.29, 0.717) is 32.8 Å². The first-order chi connectivity index (χ1) is 11.2. The van der Waals surface area contributed by atoms with Crippen molar-refractivity contribution in [1.29, 1.82) is 0 Å². The lowest BCUT2D eigenvalue weighted by Crippen LogP contribution is -2.49. The molecule has 1 saturated heterocycles. The van der Waals surface area contributed by atoms with E-state index in [0.717, 1.165) is 23.0 Å². The molecule has 1 fully saturated rings. The molecular weight excluding hydrogens is 298 g/mol. The highest BCUT2D eigenvalue weighted by atomic mass is 16.5. The summed E-state index contributed by atoms with van der Waals surface area (Å²) in [6.45, 7) is 2.34.